The van der Waals surface area contributed by atoms with Crippen LogP contribution in [-0.4, -0.2) is 36.3 Å². The highest BCUT2D eigenvalue weighted by Gasteiger charge is 2.15. The topological polar surface area (TPSA) is 98.5 Å². The molecule has 0 atom stereocenters. The third kappa shape index (κ3) is 4.18. The number of carbonyl (C=O) groups excluding carboxylic acids is 1. The van der Waals surface area contributed by atoms with Gasteiger partial charge >= 0.3 is 0 Å². The molecule has 4 aromatic rings. The number of benzene rings is 2. The second-order valence-electron chi connectivity index (χ2n) is 5.61. The van der Waals surface area contributed by atoms with Crippen molar-refractivity contribution in [1.82, 2.24) is 30.4 Å². The average Bonchev–Trinajstić information content (AvgIpc) is 3.34. The van der Waals surface area contributed by atoms with Gasteiger partial charge < -0.3 is 5.32 Å². The number of hydrogen-bond acceptors (Lipinski definition) is 7. The van der Waals surface area contributed by atoms with E-state index in [-0.39, 0.29) is 17.4 Å². The van der Waals surface area contributed by atoms with Gasteiger partial charge in [-0.2, -0.15) is 4.80 Å². The van der Waals surface area contributed by atoms with E-state index >= 15 is 0 Å². The van der Waals surface area contributed by atoms with Gasteiger partial charge in [0.1, 0.15) is 17.4 Å². The van der Waals surface area contributed by atoms with Gasteiger partial charge in [0, 0.05) is 16.3 Å². The van der Waals surface area contributed by atoms with E-state index in [1.165, 1.54) is 29.1 Å². The lowest BCUT2D eigenvalue weighted by Gasteiger charge is -2.01. The lowest BCUT2D eigenvalue weighted by molar-refractivity contribution is 0.102. The van der Waals surface area contributed by atoms with Gasteiger partial charge in [0.25, 0.3) is 5.91 Å². The molecule has 1 amide bonds. The van der Waals surface area contributed by atoms with Gasteiger partial charge in [0.15, 0.2) is 0 Å². The van der Waals surface area contributed by atoms with Gasteiger partial charge in [-0.15, -0.1) is 20.4 Å². The van der Waals surface area contributed by atoms with Gasteiger partial charge in [-0.25, -0.2) is 4.39 Å². The smallest absolute Gasteiger partial charge is 0.286 e. The average molecular weight is 416 g/mol. The Morgan fingerprint density at radius 3 is 2.57 bits per heavy atom. The van der Waals surface area contributed by atoms with Crippen LogP contribution in [0.1, 0.15) is 14.8 Å². The first kappa shape index (κ1) is 18.1. The molecule has 0 unspecified atom stereocenters. The molecule has 1 N–H and O–H groups in total. The van der Waals surface area contributed by atoms with Crippen molar-refractivity contribution in [3.05, 3.63) is 69.4 Å². The minimum Gasteiger partial charge on any atom is -0.320 e. The number of aromatic nitrogens is 6. The van der Waals surface area contributed by atoms with Crippen LogP contribution in [0.2, 0.25) is 5.02 Å². The Morgan fingerprint density at radius 1 is 1.07 bits per heavy atom. The molecule has 140 valence electrons. The quantitative estimate of drug-likeness (QED) is 0.537. The van der Waals surface area contributed by atoms with Crippen molar-refractivity contribution in [2.24, 2.45) is 0 Å². The minimum atomic E-state index is -0.427. The molecule has 0 spiro atoms. The molecule has 0 aliphatic heterocycles. The van der Waals surface area contributed by atoms with Crippen LogP contribution < -0.4 is 5.32 Å². The zero-order chi connectivity index (χ0) is 19.5. The SMILES string of the molecule is O=C(Nc1ccc(F)cc1)c1nnc(Cn2nnc(-c3ccc(Cl)cc3)n2)s1. The maximum atomic E-state index is 12.9. The Labute approximate surface area is 167 Å². The molecule has 0 aliphatic carbocycles. The Hall–Kier alpha value is -3.24. The molecule has 2 aromatic heterocycles. The van der Waals surface area contributed by atoms with Crippen molar-refractivity contribution in [1.29, 1.82) is 0 Å². The molecule has 2 heterocycles. The van der Waals surface area contributed by atoms with Crippen LogP contribution in [0.3, 0.4) is 0 Å². The monoisotopic (exact) mass is 415 g/mol. The molecule has 0 bridgehead atoms. The summed E-state index contributed by atoms with van der Waals surface area (Å²) in [5.74, 6) is -0.353. The van der Waals surface area contributed by atoms with Crippen LogP contribution in [-0.2, 0) is 6.54 Å². The Kier molecular flexibility index (Phi) is 5.04. The molecule has 0 aliphatic rings. The van der Waals surface area contributed by atoms with Crippen LogP contribution in [0.15, 0.2) is 48.5 Å². The Morgan fingerprint density at radius 2 is 1.82 bits per heavy atom. The molecule has 11 heteroatoms. The van der Waals surface area contributed by atoms with E-state index in [0.717, 1.165) is 16.9 Å². The third-order valence-electron chi connectivity index (χ3n) is 3.60. The van der Waals surface area contributed by atoms with Crippen molar-refractivity contribution in [3.63, 3.8) is 0 Å². The molecule has 0 saturated carbocycles. The molecule has 2 aromatic carbocycles. The molecule has 4 rings (SSSR count). The standard InChI is InChI=1S/C17H11ClFN7OS/c18-11-3-1-10(2-4-11)15-22-25-26(24-15)9-14-21-23-17(28-14)16(27)20-13-7-5-12(19)6-8-13/h1-8H,9H2,(H,20,27). The van der Waals surface area contributed by atoms with Gasteiger partial charge in [-0.3, -0.25) is 4.79 Å². The summed E-state index contributed by atoms with van der Waals surface area (Å²) in [6, 6.07) is 12.5. The number of carbonyl (C=O) groups is 1. The number of amides is 1. The fraction of sp³-hybridized carbons (Fsp3) is 0.0588. The lowest BCUT2D eigenvalue weighted by Crippen LogP contribution is -2.11. The van der Waals surface area contributed by atoms with Crippen molar-refractivity contribution >= 4 is 34.5 Å². The van der Waals surface area contributed by atoms with E-state index in [0.29, 0.717) is 21.5 Å². The molecule has 28 heavy (non-hydrogen) atoms. The summed E-state index contributed by atoms with van der Waals surface area (Å²) in [4.78, 5) is 13.6. The maximum absolute atomic E-state index is 12.9. The second-order valence-corrected chi connectivity index (χ2v) is 7.11. The van der Waals surface area contributed by atoms with Crippen LogP contribution >= 0.6 is 22.9 Å². The maximum Gasteiger partial charge on any atom is 0.286 e. The number of rotatable bonds is 5. The first-order valence-electron chi connectivity index (χ1n) is 8.00. The lowest BCUT2D eigenvalue weighted by atomic mass is 10.2. The molecular weight excluding hydrogens is 405 g/mol. The number of tetrazole rings is 1. The van der Waals surface area contributed by atoms with Gasteiger partial charge in [0.2, 0.25) is 10.8 Å². The number of hydrogen-bond donors (Lipinski definition) is 1. The number of anilines is 1. The normalized spacial score (nSPS) is 10.8. The molecular formula is C17H11ClFN7OS. The van der Waals surface area contributed by atoms with Gasteiger partial charge in [-0.05, 0) is 53.7 Å². The van der Waals surface area contributed by atoms with Gasteiger partial charge in [0.05, 0.1) is 0 Å². The van der Waals surface area contributed by atoms with Crippen molar-refractivity contribution in [2.75, 3.05) is 5.32 Å². The van der Waals surface area contributed by atoms with E-state index in [2.05, 4.69) is 30.9 Å². The van der Waals surface area contributed by atoms with E-state index in [9.17, 15) is 9.18 Å². The zero-order valence-electron chi connectivity index (χ0n) is 14.1. The van der Waals surface area contributed by atoms with E-state index in [1.807, 2.05) is 0 Å². The summed E-state index contributed by atoms with van der Waals surface area (Å²) in [5, 5.41) is 24.1. The summed E-state index contributed by atoms with van der Waals surface area (Å²) >= 11 is 6.98. The molecule has 0 fully saturated rings. The third-order valence-corrected chi connectivity index (χ3v) is 4.75. The summed E-state index contributed by atoms with van der Waals surface area (Å²) in [5.41, 5.74) is 1.25. The summed E-state index contributed by atoms with van der Waals surface area (Å²) in [7, 11) is 0. The van der Waals surface area contributed by atoms with Crippen molar-refractivity contribution in [2.45, 2.75) is 6.54 Å². The number of nitrogens with one attached hydrogen (secondary N) is 1. The number of nitrogens with zero attached hydrogens (tertiary/aromatic N) is 6. The van der Waals surface area contributed by atoms with Crippen LogP contribution in [0.4, 0.5) is 10.1 Å². The molecule has 8 nitrogen and oxygen atoms in total. The van der Waals surface area contributed by atoms with Gasteiger partial charge in [-0.1, -0.05) is 22.9 Å². The Balaban J connectivity index is 1.42. The fourth-order valence-corrected chi connectivity index (χ4v) is 3.11. The predicted octanol–water partition coefficient (Wildman–Crippen LogP) is 3.28. The van der Waals surface area contributed by atoms with E-state index in [4.69, 9.17) is 11.6 Å². The Bertz CT molecular complexity index is 1110. The predicted molar refractivity (Wildman–Crippen MR) is 102 cm³/mol. The largest absolute Gasteiger partial charge is 0.320 e. The first-order valence-corrected chi connectivity index (χ1v) is 9.19. The molecule has 0 saturated heterocycles. The second kappa shape index (κ2) is 7.79. The number of halogens is 2. The van der Waals surface area contributed by atoms with Crippen LogP contribution in [0.25, 0.3) is 11.4 Å². The highest BCUT2D eigenvalue weighted by atomic mass is 35.5. The zero-order valence-corrected chi connectivity index (χ0v) is 15.7. The molecule has 0 radical (unpaired) electrons. The van der Waals surface area contributed by atoms with Crippen molar-refractivity contribution in [3.8, 4) is 11.4 Å². The summed E-state index contributed by atoms with van der Waals surface area (Å²) in [6.45, 7) is 0.224. The minimum absolute atomic E-state index is 0.178. The van der Waals surface area contributed by atoms with E-state index < -0.39 is 5.91 Å². The van der Waals surface area contributed by atoms with Crippen LogP contribution in [0.5, 0.6) is 0 Å². The van der Waals surface area contributed by atoms with E-state index in [1.54, 1.807) is 24.3 Å². The summed E-state index contributed by atoms with van der Waals surface area (Å²) < 4.78 is 12.9. The van der Waals surface area contributed by atoms with Crippen molar-refractivity contribution < 1.29 is 9.18 Å². The highest BCUT2D eigenvalue weighted by Crippen LogP contribution is 2.18. The fourth-order valence-electron chi connectivity index (χ4n) is 2.27. The summed E-state index contributed by atoms with van der Waals surface area (Å²) in [6.07, 6.45) is 0. The van der Waals surface area contributed by atoms with Crippen LogP contribution in [0, 0.1) is 5.82 Å². The highest BCUT2D eigenvalue weighted by molar-refractivity contribution is 7.13. The first-order chi connectivity index (χ1) is 13.6.